The summed E-state index contributed by atoms with van der Waals surface area (Å²) >= 11 is 8.46. The van der Waals surface area contributed by atoms with Gasteiger partial charge in [0.2, 0.25) is 5.13 Å². The normalized spacial score (nSPS) is 17.2. The van der Waals surface area contributed by atoms with Crippen molar-refractivity contribution in [2.75, 3.05) is 37.0 Å². The maximum absolute atomic E-state index is 7.09. The molecule has 3 heterocycles. The largest absolute Gasteiger partial charge is 0.376 e. The lowest BCUT2D eigenvalue weighted by Gasteiger charge is -2.35. The number of para-hydroxylation sites is 2. The summed E-state index contributed by atoms with van der Waals surface area (Å²) in [7, 11) is 1.81. The molecule has 8 heteroatoms. The first-order valence-corrected chi connectivity index (χ1v) is 15.0. The summed E-state index contributed by atoms with van der Waals surface area (Å²) in [5.74, 6) is 0.730. The first-order valence-electron chi connectivity index (χ1n) is 13.9. The standard InChI is InChI=1S/C32H36ClN5OS/c1-31(2,3)28(39-4)22-14-15-23(33)26-27(22)38(20-32(26)16-18-34-19-17-32)25-13-9-8-12-24(25)35-30-36-29(37-40-30)21-10-6-5-7-11-21/h5-15,28,34H,16-20H2,1-4H3,(H,35,36,37). The second kappa shape index (κ2) is 10.8. The monoisotopic (exact) mass is 573 g/mol. The van der Waals surface area contributed by atoms with Gasteiger partial charge < -0.3 is 20.3 Å². The highest BCUT2D eigenvalue weighted by Crippen LogP contribution is 2.56. The molecule has 1 saturated heterocycles. The van der Waals surface area contributed by atoms with E-state index >= 15 is 0 Å². The predicted molar refractivity (Wildman–Crippen MR) is 167 cm³/mol. The lowest BCUT2D eigenvalue weighted by atomic mass is 9.73. The summed E-state index contributed by atoms with van der Waals surface area (Å²) in [6.45, 7) is 9.53. The number of hydrogen-bond acceptors (Lipinski definition) is 7. The Morgan fingerprint density at radius 1 is 1.02 bits per heavy atom. The van der Waals surface area contributed by atoms with Gasteiger partial charge in [-0.2, -0.15) is 9.36 Å². The van der Waals surface area contributed by atoms with Crippen molar-refractivity contribution in [1.29, 1.82) is 0 Å². The molecular formula is C32H36ClN5OS. The van der Waals surface area contributed by atoms with Gasteiger partial charge in [-0.15, -0.1) is 0 Å². The zero-order valence-electron chi connectivity index (χ0n) is 23.5. The van der Waals surface area contributed by atoms with E-state index in [4.69, 9.17) is 21.3 Å². The van der Waals surface area contributed by atoms with Crippen LogP contribution in [0.15, 0.2) is 66.7 Å². The van der Waals surface area contributed by atoms with E-state index in [1.165, 1.54) is 28.3 Å². The zero-order valence-corrected chi connectivity index (χ0v) is 25.1. The molecule has 1 aromatic heterocycles. The van der Waals surface area contributed by atoms with Gasteiger partial charge in [-0.05, 0) is 49.5 Å². The van der Waals surface area contributed by atoms with Crippen LogP contribution in [0.5, 0.6) is 0 Å². The van der Waals surface area contributed by atoms with Crippen LogP contribution < -0.4 is 15.5 Å². The smallest absolute Gasteiger partial charge is 0.207 e. The van der Waals surface area contributed by atoms with Crippen LogP contribution in [0.3, 0.4) is 0 Å². The second-order valence-electron chi connectivity index (χ2n) is 11.9. The van der Waals surface area contributed by atoms with Gasteiger partial charge in [0.15, 0.2) is 5.82 Å². The minimum absolute atomic E-state index is 0.0276. The minimum atomic E-state index is -0.0932. The highest BCUT2D eigenvalue weighted by atomic mass is 35.5. The van der Waals surface area contributed by atoms with E-state index in [0.717, 1.165) is 65.4 Å². The fourth-order valence-electron chi connectivity index (χ4n) is 6.43. The first kappa shape index (κ1) is 27.2. The molecule has 1 unspecified atom stereocenters. The fourth-order valence-corrected chi connectivity index (χ4v) is 7.38. The Hall–Kier alpha value is -2.97. The Morgan fingerprint density at radius 2 is 1.75 bits per heavy atom. The third kappa shape index (κ3) is 4.90. The summed E-state index contributed by atoms with van der Waals surface area (Å²) in [6.07, 6.45) is 1.99. The molecule has 0 radical (unpaired) electrons. The maximum Gasteiger partial charge on any atom is 0.207 e. The number of nitrogens with zero attached hydrogens (tertiary/aromatic N) is 3. The van der Waals surface area contributed by atoms with Crippen LogP contribution >= 0.6 is 23.1 Å². The fraction of sp³-hybridized carbons (Fsp3) is 0.375. The van der Waals surface area contributed by atoms with Crippen LogP contribution in [0.25, 0.3) is 11.4 Å². The lowest BCUT2D eigenvalue weighted by molar-refractivity contribution is 0.0156. The highest BCUT2D eigenvalue weighted by molar-refractivity contribution is 7.10. The number of hydrogen-bond donors (Lipinski definition) is 2. The molecule has 4 aromatic rings. The molecule has 0 bridgehead atoms. The topological polar surface area (TPSA) is 62.3 Å². The maximum atomic E-state index is 7.09. The average Bonchev–Trinajstić information content (AvgIpc) is 3.54. The van der Waals surface area contributed by atoms with Crippen molar-refractivity contribution in [3.63, 3.8) is 0 Å². The van der Waals surface area contributed by atoms with E-state index in [0.29, 0.717) is 0 Å². The summed E-state index contributed by atoms with van der Waals surface area (Å²) in [6, 6.07) is 22.8. The molecule has 0 saturated carbocycles. The molecule has 1 atom stereocenters. The number of fused-ring (bicyclic) bond motifs is 2. The lowest BCUT2D eigenvalue weighted by Crippen LogP contribution is -2.42. The van der Waals surface area contributed by atoms with Gasteiger partial charge in [0, 0.05) is 52.3 Å². The predicted octanol–water partition coefficient (Wildman–Crippen LogP) is 8.11. The van der Waals surface area contributed by atoms with Crippen molar-refractivity contribution in [2.24, 2.45) is 5.41 Å². The molecule has 1 fully saturated rings. The molecular weight excluding hydrogens is 538 g/mol. The first-order chi connectivity index (χ1) is 19.3. The van der Waals surface area contributed by atoms with E-state index < -0.39 is 0 Å². The van der Waals surface area contributed by atoms with Crippen molar-refractivity contribution in [2.45, 2.75) is 45.1 Å². The van der Waals surface area contributed by atoms with Crippen molar-refractivity contribution in [3.05, 3.63) is 82.9 Å². The summed E-state index contributed by atoms with van der Waals surface area (Å²) in [5.41, 5.74) is 6.61. The molecule has 6 nitrogen and oxygen atoms in total. The third-order valence-electron chi connectivity index (χ3n) is 8.18. The Morgan fingerprint density at radius 3 is 2.48 bits per heavy atom. The Kier molecular flexibility index (Phi) is 7.34. The summed E-state index contributed by atoms with van der Waals surface area (Å²) < 4.78 is 10.8. The Labute approximate surface area is 245 Å². The minimum Gasteiger partial charge on any atom is -0.376 e. The van der Waals surface area contributed by atoms with Gasteiger partial charge in [0.25, 0.3) is 0 Å². The highest BCUT2D eigenvalue weighted by Gasteiger charge is 2.48. The molecule has 0 aliphatic carbocycles. The van der Waals surface area contributed by atoms with Crippen LogP contribution in [0.2, 0.25) is 5.02 Å². The van der Waals surface area contributed by atoms with E-state index in [1.807, 2.05) is 37.4 Å². The Balaban J connectivity index is 1.46. The molecule has 6 rings (SSSR count). The van der Waals surface area contributed by atoms with Crippen LogP contribution in [0.4, 0.5) is 22.2 Å². The quantitative estimate of drug-likeness (QED) is 0.243. The SMILES string of the molecule is COC(c1ccc(Cl)c2c1N(c1ccccc1Nc1nc(-c3ccccc3)ns1)CC21CCNCC1)C(C)(C)C. The van der Waals surface area contributed by atoms with Gasteiger partial charge in [-0.3, -0.25) is 0 Å². The number of piperidine rings is 1. The van der Waals surface area contributed by atoms with E-state index in [-0.39, 0.29) is 16.9 Å². The van der Waals surface area contributed by atoms with Gasteiger partial charge in [0.05, 0.1) is 23.2 Å². The van der Waals surface area contributed by atoms with Crippen LogP contribution in [0.1, 0.15) is 50.8 Å². The third-order valence-corrected chi connectivity index (χ3v) is 9.12. The molecule has 2 aliphatic heterocycles. The summed E-state index contributed by atoms with van der Waals surface area (Å²) in [5, 5.41) is 8.76. The molecule has 0 amide bonds. The number of benzene rings is 3. The molecule has 2 aliphatic rings. The van der Waals surface area contributed by atoms with Crippen molar-refractivity contribution in [1.82, 2.24) is 14.7 Å². The zero-order chi connectivity index (χ0) is 27.9. The van der Waals surface area contributed by atoms with E-state index in [2.05, 4.69) is 77.1 Å². The molecule has 40 heavy (non-hydrogen) atoms. The van der Waals surface area contributed by atoms with E-state index in [9.17, 15) is 0 Å². The molecule has 3 aromatic carbocycles. The number of ether oxygens (including phenoxy) is 1. The van der Waals surface area contributed by atoms with Crippen molar-refractivity contribution in [3.8, 4) is 11.4 Å². The van der Waals surface area contributed by atoms with Crippen LogP contribution in [-0.2, 0) is 10.2 Å². The number of halogens is 1. The Bertz CT molecular complexity index is 1490. The average molecular weight is 574 g/mol. The van der Waals surface area contributed by atoms with Crippen LogP contribution in [-0.4, -0.2) is 36.1 Å². The van der Waals surface area contributed by atoms with Gasteiger partial charge >= 0.3 is 0 Å². The molecule has 1 spiro atoms. The summed E-state index contributed by atoms with van der Waals surface area (Å²) in [4.78, 5) is 7.28. The van der Waals surface area contributed by atoms with Crippen LogP contribution in [0, 0.1) is 5.41 Å². The van der Waals surface area contributed by atoms with Gasteiger partial charge in [-0.25, -0.2) is 0 Å². The number of aromatic nitrogens is 2. The van der Waals surface area contributed by atoms with Crippen molar-refractivity contribution >= 4 is 45.3 Å². The second-order valence-corrected chi connectivity index (χ2v) is 13.0. The van der Waals surface area contributed by atoms with Gasteiger partial charge in [-0.1, -0.05) is 80.9 Å². The van der Waals surface area contributed by atoms with Crippen molar-refractivity contribution < 1.29 is 4.74 Å². The number of anilines is 4. The molecule has 208 valence electrons. The number of rotatable bonds is 6. The molecule has 2 N–H and O–H groups in total. The number of nitrogens with one attached hydrogen (secondary N) is 2. The van der Waals surface area contributed by atoms with Gasteiger partial charge in [0.1, 0.15) is 0 Å². The van der Waals surface area contributed by atoms with E-state index in [1.54, 1.807) is 0 Å². The number of methoxy groups -OCH3 is 1.